The molecule has 5 saturated heterocycles. The van der Waals surface area contributed by atoms with Gasteiger partial charge in [-0.25, -0.2) is 0 Å². The molecule has 5 fully saturated rings. The van der Waals surface area contributed by atoms with E-state index in [1.165, 1.54) is 6.42 Å². The van der Waals surface area contributed by atoms with Crippen molar-refractivity contribution in [2.24, 2.45) is 0 Å². The fourth-order valence-corrected chi connectivity index (χ4v) is 5.27. The van der Waals surface area contributed by atoms with Gasteiger partial charge in [0, 0.05) is 19.4 Å². The van der Waals surface area contributed by atoms with Crippen LogP contribution in [-0.4, -0.2) is 67.8 Å². The summed E-state index contributed by atoms with van der Waals surface area (Å²) in [6.45, 7) is 5.40. The molecule has 0 aromatic rings. The Morgan fingerprint density at radius 1 is 0.654 bits per heavy atom. The maximum atomic E-state index is 6.50. The van der Waals surface area contributed by atoms with E-state index < -0.39 is 5.79 Å². The molecule has 0 bridgehead atoms. The summed E-state index contributed by atoms with van der Waals surface area (Å²) in [5.74, 6) is -0.524. The summed E-state index contributed by atoms with van der Waals surface area (Å²) in [7, 11) is 0. The summed E-state index contributed by atoms with van der Waals surface area (Å²) >= 11 is 0. The van der Waals surface area contributed by atoms with Crippen molar-refractivity contribution >= 4 is 0 Å². The molecule has 26 heavy (non-hydrogen) atoms. The van der Waals surface area contributed by atoms with Crippen LogP contribution in [0.5, 0.6) is 0 Å². The second-order valence-electron chi connectivity index (χ2n) is 8.96. The van der Waals surface area contributed by atoms with Crippen molar-refractivity contribution in [2.75, 3.05) is 13.2 Å². The minimum atomic E-state index is -0.524. The van der Waals surface area contributed by atoms with Gasteiger partial charge in [0.2, 0.25) is 0 Å². The van der Waals surface area contributed by atoms with E-state index in [0.717, 1.165) is 45.1 Å². The molecule has 0 aromatic heterocycles. The van der Waals surface area contributed by atoms with E-state index in [2.05, 4.69) is 0 Å². The van der Waals surface area contributed by atoms with Gasteiger partial charge in [0.25, 0.3) is 0 Å². The van der Waals surface area contributed by atoms with Gasteiger partial charge < -0.3 is 28.4 Å². The quantitative estimate of drug-likeness (QED) is 0.655. The predicted octanol–water partition coefficient (Wildman–Crippen LogP) is 2.57. The Hall–Kier alpha value is -0.240. The average Bonchev–Trinajstić information content (AvgIpc) is 2.93. The first-order valence-electron chi connectivity index (χ1n) is 10.5. The Bertz CT molecular complexity index is 511. The lowest BCUT2D eigenvalue weighted by Crippen LogP contribution is -2.57. The molecule has 6 nitrogen and oxygen atoms in total. The molecule has 0 saturated carbocycles. The van der Waals surface area contributed by atoms with Gasteiger partial charge in [-0.1, -0.05) is 0 Å². The first kappa shape index (κ1) is 17.8. The predicted molar refractivity (Wildman–Crippen MR) is 92.9 cm³/mol. The number of hydrogen-bond acceptors (Lipinski definition) is 6. The van der Waals surface area contributed by atoms with Gasteiger partial charge >= 0.3 is 0 Å². The molecule has 5 aliphatic heterocycles. The first-order chi connectivity index (χ1) is 12.6. The third-order valence-corrected chi connectivity index (χ3v) is 6.62. The second kappa shape index (κ2) is 6.98. The number of hydrogen-bond donors (Lipinski definition) is 0. The molecule has 0 radical (unpaired) electrons. The number of ether oxygens (including phenoxy) is 6. The second-order valence-corrected chi connectivity index (χ2v) is 8.96. The standard InChI is InChI=1S/C20H32O6/c1-20(2)22-11-19-14(26-20)7-6-13-16(25-19)10-18-17(24-13)9-15-12(23-18)5-3-4-8-21-15/h12-19H,3-11H2,1-2H3/t12-,13?,14?,15?,16-,17?,18+,19+/m0/s1. The van der Waals surface area contributed by atoms with Crippen molar-refractivity contribution in [1.29, 1.82) is 0 Å². The van der Waals surface area contributed by atoms with E-state index in [-0.39, 0.29) is 48.8 Å². The summed E-state index contributed by atoms with van der Waals surface area (Å²) in [6.07, 6.45) is 8.18. The Balaban J connectivity index is 1.27. The summed E-state index contributed by atoms with van der Waals surface area (Å²) in [5, 5.41) is 0. The van der Waals surface area contributed by atoms with E-state index in [1.807, 2.05) is 13.8 Å². The van der Waals surface area contributed by atoms with Crippen molar-refractivity contribution < 1.29 is 28.4 Å². The molecular weight excluding hydrogens is 336 g/mol. The minimum absolute atomic E-state index is 0.00396. The lowest BCUT2D eigenvalue weighted by atomic mass is 9.88. The van der Waals surface area contributed by atoms with Crippen molar-refractivity contribution in [1.82, 2.24) is 0 Å². The first-order valence-corrected chi connectivity index (χ1v) is 10.5. The van der Waals surface area contributed by atoms with E-state index in [0.29, 0.717) is 6.61 Å². The summed E-state index contributed by atoms with van der Waals surface area (Å²) in [6, 6.07) is 0. The van der Waals surface area contributed by atoms with Gasteiger partial charge in [-0.2, -0.15) is 0 Å². The third-order valence-electron chi connectivity index (χ3n) is 6.62. The summed E-state index contributed by atoms with van der Waals surface area (Å²) in [5.41, 5.74) is 0. The highest BCUT2D eigenvalue weighted by atomic mass is 16.7. The molecule has 6 heteroatoms. The van der Waals surface area contributed by atoms with Crippen molar-refractivity contribution in [3.63, 3.8) is 0 Å². The number of rotatable bonds is 0. The Morgan fingerprint density at radius 3 is 2.15 bits per heavy atom. The van der Waals surface area contributed by atoms with Crippen molar-refractivity contribution in [3.8, 4) is 0 Å². The topological polar surface area (TPSA) is 55.4 Å². The Labute approximate surface area is 155 Å². The normalized spacial score (nSPS) is 51.0. The smallest absolute Gasteiger partial charge is 0.163 e. The van der Waals surface area contributed by atoms with Crippen LogP contribution in [0.4, 0.5) is 0 Å². The van der Waals surface area contributed by atoms with Crippen molar-refractivity contribution in [2.45, 2.75) is 113 Å². The van der Waals surface area contributed by atoms with E-state index >= 15 is 0 Å². The average molecular weight is 368 g/mol. The van der Waals surface area contributed by atoms with E-state index in [1.54, 1.807) is 0 Å². The van der Waals surface area contributed by atoms with Crippen LogP contribution in [0.25, 0.3) is 0 Å². The molecule has 0 spiro atoms. The van der Waals surface area contributed by atoms with Gasteiger partial charge in [0.1, 0.15) is 6.10 Å². The molecule has 0 aromatic carbocycles. The maximum absolute atomic E-state index is 6.50. The zero-order valence-corrected chi connectivity index (χ0v) is 15.9. The van der Waals surface area contributed by atoms with Crippen LogP contribution in [0.2, 0.25) is 0 Å². The highest BCUT2D eigenvalue weighted by molar-refractivity contribution is 4.97. The molecule has 4 unspecified atom stereocenters. The zero-order valence-electron chi connectivity index (χ0n) is 15.9. The molecule has 148 valence electrons. The van der Waals surface area contributed by atoms with Crippen LogP contribution in [0.1, 0.15) is 58.8 Å². The molecule has 5 heterocycles. The fourth-order valence-electron chi connectivity index (χ4n) is 5.27. The molecule has 0 aliphatic carbocycles. The van der Waals surface area contributed by atoms with Crippen LogP contribution in [0, 0.1) is 0 Å². The maximum Gasteiger partial charge on any atom is 0.163 e. The third kappa shape index (κ3) is 3.45. The van der Waals surface area contributed by atoms with Crippen LogP contribution in [0.15, 0.2) is 0 Å². The summed E-state index contributed by atoms with van der Waals surface area (Å²) < 4.78 is 37.4. The largest absolute Gasteiger partial charge is 0.375 e. The van der Waals surface area contributed by atoms with E-state index in [9.17, 15) is 0 Å². The molecule has 8 atom stereocenters. The fraction of sp³-hybridized carbons (Fsp3) is 1.00. The Kier molecular flexibility index (Phi) is 4.78. The SMILES string of the molecule is CC1(C)OC[C@H]2O[C@H]3C[C@H]4O[C@H]5CCCCOC5CC4OC3CCC2O1. The highest BCUT2D eigenvalue weighted by Crippen LogP contribution is 2.40. The molecule has 0 N–H and O–H groups in total. The van der Waals surface area contributed by atoms with Gasteiger partial charge in [-0.05, 0) is 46.0 Å². The van der Waals surface area contributed by atoms with Gasteiger partial charge in [-0.15, -0.1) is 0 Å². The van der Waals surface area contributed by atoms with Crippen LogP contribution >= 0.6 is 0 Å². The number of fused-ring (bicyclic) bond motifs is 4. The van der Waals surface area contributed by atoms with Crippen LogP contribution in [0.3, 0.4) is 0 Å². The van der Waals surface area contributed by atoms with Gasteiger partial charge in [-0.3, -0.25) is 0 Å². The molecular formula is C20H32O6. The lowest BCUT2D eigenvalue weighted by Gasteiger charge is -2.47. The van der Waals surface area contributed by atoms with Crippen LogP contribution in [-0.2, 0) is 28.4 Å². The van der Waals surface area contributed by atoms with Gasteiger partial charge in [0.15, 0.2) is 5.79 Å². The zero-order chi connectivity index (χ0) is 17.7. The highest BCUT2D eigenvalue weighted by Gasteiger charge is 2.50. The summed E-state index contributed by atoms with van der Waals surface area (Å²) in [4.78, 5) is 0. The molecule has 5 aliphatic rings. The molecule has 0 amide bonds. The van der Waals surface area contributed by atoms with Crippen molar-refractivity contribution in [3.05, 3.63) is 0 Å². The minimum Gasteiger partial charge on any atom is -0.375 e. The van der Waals surface area contributed by atoms with Crippen LogP contribution < -0.4 is 0 Å². The van der Waals surface area contributed by atoms with E-state index in [4.69, 9.17) is 28.4 Å². The Morgan fingerprint density at radius 2 is 1.31 bits per heavy atom. The lowest BCUT2D eigenvalue weighted by molar-refractivity contribution is -0.318. The molecule has 5 rings (SSSR count). The van der Waals surface area contributed by atoms with Gasteiger partial charge in [0.05, 0.1) is 49.3 Å². The monoisotopic (exact) mass is 368 g/mol.